The van der Waals surface area contributed by atoms with Gasteiger partial charge in [0.1, 0.15) is 17.8 Å². The van der Waals surface area contributed by atoms with E-state index in [4.69, 9.17) is 9.47 Å². The number of ketones is 1. The third-order valence-electron chi connectivity index (χ3n) is 14.0. The molecule has 0 radical (unpaired) electrons. The number of hydrogen-bond acceptors (Lipinski definition) is 8. The Morgan fingerprint density at radius 2 is 1.77 bits per heavy atom. The zero-order valence-electron chi connectivity index (χ0n) is 30.8. The Labute approximate surface area is 307 Å². The van der Waals surface area contributed by atoms with E-state index in [1.165, 1.54) is 0 Å². The van der Waals surface area contributed by atoms with Gasteiger partial charge in [-0.25, -0.2) is 0 Å². The molecule has 6 aliphatic carbocycles. The van der Waals surface area contributed by atoms with Gasteiger partial charge >= 0.3 is 11.9 Å². The summed E-state index contributed by atoms with van der Waals surface area (Å²) in [6.45, 7) is 11.1. The molecule has 0 unspecified atom stereocenters. The van der Waals surface area contributed by atoms with Crippen molar-refractivity contribution >= 4 is 17.7 Å². The van der Waals surface area contributed by atoms with Crippen molar-refractivity contribution in [3.8, 4) is 0 Å². The first-order chi connectivity index (χ1) is 24.8. The van der Waals surface area contributed by atoms with Gasteiger partial charge in [-0.2, -0.15) is 0 Å². The number of aliphatic hydroxyl groups excluding tert-OH is 1. The zero-order valence-corrected chi connectivity index (χ0v) is 30.8. The van der Waals surface area contributed by atoms with Crippen LogP contribution in [-0.2, 0) is 23.9 Å². The molecule has 0 bridgehead atoms. The van der Waals surface area contributed by atoms with E-state index in [-0.39, 0.29) is 61.4 Å². The van der Waals surface area contributed by atoms with Crippen LogP contribution in [-0.4, -0.2) is 63.1 Å². The number of Topliss-reactive ketones (excluding diaryl/α,β-unsaturated/α-hetero) is 1. The first kappa shape index (κ1) is 36.8. The van der Waals surface area contributed by atoms with E-state index in [1.807, 2.05) is 44.2 Å². The number of carbonyl (C=O) groups excluding carboxylic acids is 3. The van der Waals surface area contributed by atoms with Crippen molar-refractivity contribution in [3.63, 3.8) is 0 Å². The number of aliphatic hydroxyl groups is 3. The highest BCUT2D eigenvalue weighted by Crippen LogP contribution is 2.77. The average molecular weight is 711 g/mol. The Balaban J connectivity index is 1.21. The smallest absolute Gasteiger partial charge is 0.310 e. The van der Waals surface area contributed by atoms with Crippen LogP contribution in [0.1, 0.15) is 59.8 Å². The number of unbranched alkanes of at least 4 members (excludes halogenated alkanes) is 1. The average Bonchev–Trinajstić information content (AvgIpc) is 3.86. The summed E-state index contributed by atoms with van der Waals surface area (Å²) in [7, 11) is 0. The minimum atomic E-state index is -1.89. The normalized spacial score (nSPS) is 47.2. The van der Waals surface area contributed by atoms with Crippen LogP contribution in [0.15, 0.2) is 96.7 Å². The summed E-state index contributed by atoms with van der Waals surface area (Å²) < 4.78 is 12.8. The molecule has 52 heavy (non-hydrogen) atoms. The molecule has 0 saturated heterocycles. The summed E-state index contributed by atoms with van der Waals surface area (Å²) in [5, 5.41) is 35.1. The van der Waals surface area contributed by atoms with Crippen molar-refractivity contribution < 1.29 is 39.2 Å². The number of carbonyl (C=O) groups is 3. The van der Waals surface area contributed by atoms with Crippen LogP contribution in [0, 0.1) is 64.6 Å². The van der Waals surface area contributed by atoms with Gasteiger partial charge in [0.2, 0.25) is 0 Å². The molecule has 278 valence electrons. The molecular weight excluding hydrogens is 656 g/mol. The summed E-state index contributed by atoms with van der Waals surface area (Å²) in [6.07, 6.45) is 28.0. The quantitative estimate of drug-likeness (QED) is 0.161. The fourth-order valence-corrected chi connectivity index (χ4v) is 11.6. The van der Waals surface area contributed by atoms with Crippen molar-refractivity contribution in [3.05, 3.63) is 96.7 Å². The Morgan fingerprint density at radius 3 is 2.50 bits per heavy atom. The molecule has 0 aromatic rings. The van der Waals surface area contributed by atoms with Gasteiger partial charge in [-0.1, -0.05) is 113 Å². The predicted octanol–water partition coefficient (Wildman–Crippen LogP) is 5.93. The number of cyclic esters (lactones) is 1. The molecule has 14 atom stereocenters. The summed E-state index contributed by atoms with van der Waals surface area (Å²) in [5.41, 5.74) is -4.56. The van der Waals surface area contributed by atoms with Gasteiger partial charge in [-0.05, 0) is 66.4 Å². The maximum atomic E-state index is 14.4. The summed E-state index contributed by atoms with van der Waals surface area (Å²) in [5.74, 6) is -3.66. The highest BCUT2D eigenvalue weighted by molar-refractivity contribution is 6.04. The topological polar surface area (TPSA) is 130 Å². The second-order valence-corrected chi connectivity index (χ2v) is 16.8. The van der Waals surface area contributed by atoms with Gasteiger partial charge < -0.3 is 24.8 Å². The monoisotopic (exact) mass is 710 g/mol. The van der Waals surface area contributed by atoms with Crippen LogP contribution < -0.4 is 0 Å². The van der Waals surface area contributed by atoms with E-state index in [9.17, 15) is 29.7 Å². The van der Waals surface area contributed by atoms with Gasteiger partial charge in [0.15, 0.2) is 5.78 Å². The SMILES string of the molecule is C=C/C=C\[C@@H]1[C@H]2/C=C/CC(=O)O[C@@]34C[C@@H](C)[C@@]5(O)[C@@H](C=C(CO)C[C@]6(O)C(=O)C(C)=C[C@@H]56)[C@@H]3[C@@]4(C)COC(=O)[C@H]2[C@@H]2[C@H](/C=C/C=C/C=C/CCC)[C@H]12. The fraction of sp³-hybridized carbons (Fsp3) is 0.568. The van der Waals surface area contributed by atoms with Crippen LogP contribution in [0.2, 0.25) is 0 Å². The molecule has 7 rings (SSSR count). The van der Waals surface area contributed by atoms with Gasteiger partial charge in [-0.15, -0.1) is 0 Å². The second kappa shape index (κ2) is 13.4. The summed E-state index contributed by atoms with van der Waals surface area (Å²) in [4.78, 5) is 41.4. The molecule has 8 heteroatoms. The largest absolute Gasteiger partial charge is 0.465 e. The standard InChI is InChI=1S/C44H54O8/c1-6-8-10-11-12-13-14-17-31-35-29(16-9-7-2)30-18-15-19-34(46)52-43-22-27(4)44(50)32(38(43)41(43,5)25-51-40(48)37(30)36(31)35)21-28(24-45)23-42(49)33(44)20-26(3)39(42)47/h7,9-18,20-21,27,29-33,35-38,45,49-50H,2,6,8,19,22-25H2,1,3-5H3/b11-10+,13-12+,16-9-,17-14+,18-15+/t27-,29-,30-,31-,32+,33-,35+,36-,37-,38-,41-,42-,43+,44-/m1/s1. The maximum absolute atomic E-state index is 14.4. The highest BCUT2D eigenvalue weighted by Gasteiger charge is 2.85. The third kappa shape index (κ3) is 5.38. The molecule has 0 aromatic carbocycles. The summed E-state index contributed by atoms with van der Waals surface area (Å²) >= 11 is 0. The number of allylic oxidation sites excluding steroid dienone is 10. The molecule has 1 heterocycles. The first-order valence-electron chi connectivity index (χ1n) is 19.2. The lowest BCUT2D eigenvalue weighted by Crippen LogP contribution is -2.61. The highest BCUT2D eigenvalue weighted by atomic mass is 16.6. The molecular formula is C44H54O8. The number of esters is 2. The third-order valence-corrected chi connectivity index (χ3v) is 14.0. The Morgan fingerprint density at radius 1 is 1.02 bits per heavy atom. The Bertz CT molecular complexity index is 1730. The molecule has 1 spiro atoms. The Kier molecular flexibility index (Phi) is 9.45. The zero-order chi connectivity index (χ0) is 37.2. The van der Waals surface area contributed by atoms with Crippen LogP contribution in [0.3, 0.4) is 0 Å². The lowest BCUT2D eigenvalue weighted by molar-refractivity contribution is -0.187. The molecule has 8 nitrogen and oxygen atoms in total. The van der Waals surface area contributed by atoms with Gasteiger partial charge in [-0.3, -0.25) is 14.4 Å². The van der Waals surface area contributed by atoms with Crippen molar-refractivity contribution in [2.45, 2.75) is 76.6 Å². The molecule has 4 fully saturated rings. The van der Waals surface area contributed by atoms with Gasteiger partial charge in [0.25, 0.3) is 0 Å². The van der Waals surface area contributed by atoms with E-state index >= 15 is 0 Å². The number of rotatable bonds is 8. The van der Waals surface area contributed by atoms with Crippen LogP contribution >= 0.6 is 0 Å². The summed E-state index contributed by atoms with van der Waals surface area (Å²) in [6, 6.07) is 0. The molecule has 7 aliphatic rings. The number of ether oxygens (including phenoxy) is 2. The molecule has 0 amide bonds. The molecule has 3 N–H and O–H groups in total. The van der Waals surface area contributed by atoms with Crippen molar-refractivity contribution in [2.75, 3.05) is 13.2 Å². The van der Waals surface area contributed by atoms with E-state index < -0.39 is 70.2 Å². The van der Waals surface area contributed by atoms with E-state index in [0.717, 1.165) is 12.8 Å². The van der Waals surface area contributed by atoms with Gasteiger partial charge in [0, 0.05) is 29.6 Å². The predicted molar refractivity (Wildman–Crippen MR) is 197 cm³/mol. The van der Waals surface area contributed by atoms with E-state index in [0.29, 0.717) is 11.1 Å². The molecule has 0 aromatic heterocycles. The van der Waals surface area contributed by atoms with Crippen molar-refractivity contribution in [1.82, 2.24) is 0 Å². The van der Waals surface area contributed by atoms with Crippen molar-refractivity contribution in [2.24, 2.45) is 64.6 Å². The Hall–Kier alpha value is -3.59. The fourth-order valence-electron chi connectivity index (χ4n) is 11.6. The minimum Gasteiger partial charge on any atom is -0.465 e. The lowest BCUT2D eigenvalue weighted by atomic mass is 9.60. The van der Waals surface area contributed by atoms with Crippen LogP contribution in [0.5, 0.6) is 0 Å². The molecule has 4 saturated carbocycles. The molecule has 1 aliphatic heterocycles. The number of hydrogen-bond donors (Lipinski definition) is 3. The second-order valence-electron chi connectivity index (χ2n) is 16.8. The van der Waals surface area contributed by atoms with Crippen molar-refractivity contribution in [1.29, 1.82) is 0 Å². The van der Waals surface area contributed by atoms with Crippen LogP contribution in [0.4, 0.5) is 0 Å². The van der Waals surface area contributed by atoms with Gasteiger partial charge in [0.05, 0.1) is 24.5 Å². The van der Waals surface area contributed by atoms with E-state index in [2.05, 4.69) is 43.9 Å². The number of fused-ring (bicyclic) bond motifs is 8. The maximum Gasteiger partial charge on any atom is 0.310 e. The lowest BCUT2D eigenvalue weighted by Gasteiger charge is -2.50. The minimum absolute atomic E-state index is 0.0149. The first-order valence-corrected chi connectivity index (χ1v) is 19.2. The van der Waals surface area contributed by atoms with Crippen LogP contribution in [0.25, 0.3) is 0 Å². The van der Waals surface area contributed by atoms with E-state index in [1.54, 1.807) is 25.2 Å².